The van der Waals surface area contributed by atoms with Gasteiger partial charge in [0.05, 0.1) is 5.56 Å². The Morgan fingerprint density at radius 3 is 2.21 bits per heavy atom. The van der Waals surface area contributed by atoms with Crippen molar-refractivity contribution in [1.29, 1.82) is 0 Å². The molecule has 0 aliphatic rings. The van der Waals surface area contributed by atoms with E-state index in [2.05, 4.69) is 18.4 Å². The Kier molecular flexibility index (Phi) is 5.69. The molecule has 0 radical (unpaired) electrons. The minimum atomic E-state index is -5.16. The van der Waals surface area contributed by atoms with Gasteiger partial charge in [-0.3, -0.25) is 0 Å². The van der Waals surface area contributed by atoms with Crippen LogP contribution in [0.4, 0.5) is 26.3 Å². The predicted molar refractivity (Wildman–Crippen MR) is 99.8 cm³/mol. The van der Waals surface area contributed by atoms with Crippen molar-refractivity contribution in [3.8, 4) is 11.8 Å². The Morgan fingerprint density at radius 2 is 1.59 bits per heavy atom. The summed E-state index contributed by atoms with van der Waals surface area (Å²) in [5, 5.41) is 0.991. The molecule has 0 heterocycles. The van der Waals surface area contributed by atoms with Gasteiger partial charge in [0.2, 0.25) is 0 Å². The van der Waals surface area contributed by atoms with E-state index in [9.17, 15) is 26.3 Å². The molecule has 0 saturated carbocycles. The van der Waals surface area contributed by atoms with Gasteiger partial charge in [-0.2, -0.15) is 13.2 Å². The second-order valence-corrected chi connectivity index (χ2v) is 6.37. The molecule has 0 nitrogen and oxygen atoms in total. The lowest BCUT2D eigenvalue weighted by Gasteiger charge is -2.09. The second-order valence-electron chi connectivity index (χ2n) is 6.37. The van der Waals surface area contributed by atoms with Crippen molar-refractivity contribution in [2.24, 2.45) is 0 Å². The average molecular weight is 404 g/mol. The van der Waals surface area contributed by atoms with Gasteiger partial charge in [-0.05, 0) is 42.0 Å². The van der Waals surface area contributed by atoms with Crippen LogP contribution in [-0.2, 0) is 12.6 Å². The van der Waals surface area contributed by atoms with E-state index in [1.165, 1.54) is 6.07 Å². The van der Waals surface area contributed by atoms with Crippen LogP contribution in [0.3, 0.4) is 0 Å². The molecule has 0 amide bonds. The molecule has 29 heavy (non-hydrogen) atoms. The summed E-state index contributed by atoms with van der Waals surface area (Å²) in [6.45, 7) is 3.66. The number of alkyl halides is 3. The summed E-state index contributed by atoms with van der Waals surface area (Å²) < 4.78 is 79.9. The zero-order chi connectivity index (χ0) is 21.2. The third-order valence-electron chi connectivity index (χ3n) is 4.32. The molecular formula is C23H14F6. The van der Waals surface area contributed by atoms with Crippen molar-refractivity contribution in [3.05, 3.63) is 94.8 Å². The number of benzene rings is 3. The summed E-state index contributed by atoms with van der Waals surface area (Å²) in [7, 11) is 0. The van der Waals surface area contributed by atoms with Crippen molar-refractivity contribution in [1.82, 2.24) is 0 Å². The molecule has 0 aliphatic heterocycles. The average Bonchev–Trinajstić information content (AvgIpc) is 2.64. The summed E-state index contributed by atoms with van der Waals surface area (Å²) in [5.41, 5.74) is -1.32. The topological polar surface area (TPSA) is 0 Å². The van der Waals surface area contributed by atoms with E-state index in [1.54, 1.807) is 24.3 Å². The van der Waals surface area contributed by atoms with Crippen LogP contribution in [0.25, 0.3) is 10.8 Å². The zero-order valence-electron chi connectivity index (χ0n) is 15.0. The number of halogens is 6. The Morgan fingerprint density at radius 1 is 0.897 bits per heavy atom. The molecule has 0 aromatic heterocycles. The number of hydrogen-bond acceptors (Lipinski definition) is 0. The van der Waals surface area contributed by atoms with Crippen LogP contribution in [0.5, 0.6) is 0 Å². The molecule has 0 aliphatic carbocycles. The van der Waals surface area contributed by atoms with Crippen LogP contribution in [-0.4, -0.2) is 0 Å². The van der Waals surface area contributed by atoms with Crippen LogP contribution < -0.4 is 0 Å². The minimum Gasteiger partial charge on any atom is -0.206 e. The van der Waals surface area contributed by atoms with E-state index in [0.29, 0.717) is 22.9 Å². The van der Waals surface area contributed by atoms with Gasteiger partial charge in [-0.1, -0.05) is 42.2 Å². The molecular weight excluding hydrogens is 390 g/mol. The molecule has 148 valence electrons. The van der Waals surface area contributed by atoms with Crippen molar-refractivity contribution in [2.75, 3.05) is 0 Å². The normalized spacial score (nSPS) is 11.2. The molecule has 0 saturated heterocycles. The number of rotatable bonds is 3. The van der Waals surface area contributed by atoms with Gasteiger partial charge in [0.1, 0.15) is 23.0 Å². The highest BCUT2D eigenvalue weighted by Crippen LogP contribution is 2.34. The van der Waals surface area contributed by atoms with Crippen molar-refractivity contribution >= 4 is 10.8 Å². The Balaban J connectivity index is 1.96. The molecule has 0 unspecified atom stereocenters. The van der Waals surface area contributed by atoms with Gasteiger partial charge in [-0.15, -0.1) is 6.58 Å². The standard InChI is InChI=1S/C23H14F6/c1-2-3-4-14-6-10-18-17(11-14)9-8-16(22(18)26)7-5-15-12-19(24)21(20(25)13-15)23(27,28)29/h2,6,8-13H,1,3-4H2. The fourth-order valence-corrected chi connectivity index (χ4v) is 2.92. The van der Waals surface area contributed by atoms with Gasteiger partial charge in [0.25, 0.3) is 0 Å². The number of fused-ring (bicyclic) bond motifs is 1. The molecule has 0 spiro atoms. The fourth-order valence-electron chi connectivity index (χ4n) is 2.92. The molecule has 3 rings (SSSR count). The van der Waals surface area contributed by atoms with Gasteiger partial charge in [-0.25, -0.2) is 13.2 Å². The monoisotopic (exact) mass is 404 g/mol. The third-order valence-corrected chi connectivity index (χ3v) is 4.32. The quantitative estimate of drug-likeness (QED) is 0.256. The van der Waals surface area contributed by atoms with Crippen molar-refractivity contribution in [2.45, 2.75) is 19.0 Å². The Hall–Kier alpha value is -3.20. The summed E-state index contributed by atoms with van der Waals surface area (Å²) in [6.07, 6.45) is -1.81. The molecule has 0 N–H and O–H groups in total. The van der Waals surface area contributed by atoms with Gasteiger partial charge >= 0.3 is 6.18 Å². The van der Waals surface area contributed by atoms with E-state index in [4.69, 9.17) is 0 Å². The molecule has 0 bridgehead atoms. The van der Waals surface area contributed by atoms with Gasteiger partial charge < -0.3 is 0 Å². The second kappa shape index (κ2) is 8.04. The smallest absolute Gasteiger partial charge is 0.206 e. The fraction of sp³-hybridized carbons (Fsp3) is 0.130. The highest BCUT2D eigenvalue weighted by molar-refractivity contribution is 5.85. The first kappa shape index (κ1) is 20.5. The number of allylic oxidation sites excluding steroid dienone is 1. The lowest BCUT2D eigenvalue weighted by atomic mass is 10.0. The first-order valence-electron chi connectivity index (χ1n) is 8.61. The SMILES string of the molecule is C=CCCc1ccc2c(F)c(C#Cc3cc(F)c(C(F)(F)F)c(F)c3)ccc2c1. The maximum absolute atomic E-state index is 14.7. The summed E-state index contributed by atoms with van der Waals surface area (Å²) >= 11 is 0. The Labute approximate surface area is 163 Å². The molecule has 3 aromatic rings. The van der Waals surface area contributed by atoms with E-state index in [-0.39, 0.29) is 11.1 Å². The van der Waals surface area contributed by atoms with Crippen LogP contribution in [0, 0.1) is 29.3 Å². The summed E-state index contributed by atoms with van der Waals surface area (Å²) in [6, 6.07) is 9.28. The molecule has 3 aromatic carbocycles. The largest absolute Gasteiger partial charge is 0.422 e. The van der Waals surface area contributed by atoms with Crippen LogP contribution in [0.15, 0.2) is 55.1 Å². The molecule has 0 fully saturated rings. The molecule has 6 heteroatoms. The highest BCUT2D eigenvalue weighted by atomic mass is 19.4. The van der Waals surface area contributed by atoms with Crippen LogP contribution in [0.1, 0.15) is 28.7 Å². The first-order chi connectivity index (χ1) is 13.7. The van der Waals surface area contributed by atoms with Crippen molar-refractivity contribution < 1.29 is 26.3 Å². The van der Waals surface area contributed by atoms with E-state index < -0.39 is 29.2 Å². The lowest BCUT2D eigenvalue weighted by molar-refractivity contribution is -0.142. The molecule has 0 atom stereocenters. The van der Waals surface area contributed by atoms with Crippen LogP contribution in [0.2, 0.25) is 0 Å². The van der Waals surface area contributed by atoms with Crippen LogP contribution >= 0.6 is 0 Å². The third kappa shape index (κ3) is 4.45. The predicted octanol–water partition coefficient (Wildman–Crippen LogP) is 6.79. The van der Waals surface area contributed by atoms with Crippen molar-refractivity contribution in [3.63, 3.8) is 0 Å². The Bertz CT molecular complexity index is 1120. The van der Waals surface area contributed by atoms with Gasteiger partial charge in [0, 0.05) is 10.9 Å². The van der Waals surface area contributed by atoms with Gasteiger partial charge in [0.15, 0.2) is 0 Å². The lowest BCUT2D eigenvalue weighted by Crippen LogP contribution is -2.11. The van der Waals surface area contributed by atoms with E-state index in [1.807, 2.05) is 6.07 Å². The van der Waals surface area contributed by atoms with E-state index in [0.717, 1.165) is 18.4 Å². The summed E-state index contributed by atoms with van der Waals surface area (Å²) in [4.78, 5) is 0. The number of aryl methyl sites for hydroxylation is 1. The summed E-state index contributed by atoms with van der Waals surface area (Å²) in [5.74, 6) is 0.594. The first-order valence-corrected chi connectivity index (χ1v) is 8.61. The highest BCUT2D eigenvalue weighted by Gasteiger charge is 2.37. The maximum Gasteiger partial charge on any atom is 0.422 e. The zero-order valence-corrected chi connectivity index (χ0v) is 15.0. The maximum atomic E-state index is 14.7. The van der Waals surface area contributed by atoms with E-state index >= 15 is 0 Å². The number of hydrogen-bond donors (Lipinski definition) is 0. The minimum absolute atomic E-state index is 0.0305.